The first-order valence-electron chi connectivity index (χ1n) is 6.54. The highest BCUT2D eigenvalue weighted by Gasteiger charge is 2.30. The van der Waals surface area contributed by atoms with Gasteiger partial charge in [-0.2, -0.15) is 18.2 Å². The number of hydrogen-bond donors (Lipinski definition) is 1. The molecule has 0 fully saturated rings. The molecule has 2 N–H and O–H groups in total. The molecule has 0 saturated carbocycles. The van der Waals surface area contributed by atoms with E-state index in [1.165, 1.54) is 12.1 Å². The third kappa shape index (κ3) is 3.81. The van der Waals surface area contributed by atoms with Gasteiger partial charge in [-0.25, -0.2) is 0 Å². The average Bonchev–Trinajstić information content (AvgIpc) is 2.86. The molecule has 0 aliphatic rings. The number of hydrogen-bond acceptors (Lipinski definition) is 4. The summed E-state index contributed by atoms with van der Waals surface area (Å²) in [6, 6.07) is 4.37. The predicted octanol–water partition coefficient (Wildman–Crippen LogP) is 3.80. The quantitative estimate of drug-likeness (QED) is 0.932. The van der Waals surface area contributed by atoms with Crippen molar-refractivity contribution in [2.24, 2.45) is 11.7 Å². The highest BCUT2D eigenvalue weighted by molar-refractivity contribution is 5.55. The number of halogens is 3. The molecule has 0 aliphatic heterocycles. The Kier molecular flexibility index (Phi) is 4.32. The molecule has 4 nitrogen and oxygen atoms in total. The van der Waals surface area contributed by atoms with Crippen molar-refractivity contribution in [2.45, 2.75) is 32.5 Å². The predicted molar refractivity (Wildman–Crippen MR) is 71.1 cm³/mol. The maximum Gasteiger partial charge on any atom is 0.416 e. The van der Waals surface area contributed by atoms with Crippen LogP contribution >= 0.6 is 0 Å². The minimum Gasteiger partial charge on any atom is -0.337 e. The molecule has 2 rings (SSSR count). The second-order valence-corrected chi connectivity index (χ2v) is 5.27. The second kappa shape index (κ2) is 5.85. The molecule has 0 amide bonds. The van der Waals surface area contributed by atoms with E-state index in [9.17, 15) is 13.2 Å². The molecular formula is C14H16F3N3O. The topological polar surface area (TPSA) is 64.9 Å². The number of nitrogens with two attached hydrogens (primary N) is 1. The number of nitrogens with zero attached hydrogens (tertiary/aromatic N) is 2. The van der Waals surface area contributed by atoms with Crippen LogP contribution in [-0.2, 0) is 6.18 Å². The van der Waals surface area contributed by atoms with Gasteiger partial charge in [-0.3, -0.25) is 0 Å². The Morgan fingerprint density at radius 3 is 2.62 bits per heavy atom. The third-order valence-corrected chi connectivity index (χ3v) is 2.93. The Hall–Kier alpha value is -1.89. The Labute approximate surface area is 120 Å². The summed E-state index contributed by atoms with van der Waals surface area (Å²) >= 11 is 0. The lowest BCUT2D eigenvalue weighted by Crippen LogP contribution is -2.13. The van der Waals surface area contributed by atoms with Crippen molar-refractivity contribution in [1.29, 1.82) is 0 Å². The number of rotatable bonds is 4. The number of aromatic nitrogens is 2. The Balaban J connectivity index is 2.26. The molecule has 0 radical (unpaired) electrons. The van der Waals surface area contributed by atoms with E-state index in [2.05, 4.69) is 10.1 Å². The molecule has 0 bridgehead atoms. The molecule has 1 unspecified atom stereocenters. The first-order chi connectivity index (χ1) is 9.77. The van der Waals surface area contributed by atoms with Crippen molar-refractivity contribution in [3.63, 3.8) is 0 Å². The summed E-state index contributed by atoms with van der Waals surface area (Å²) in [4.78, 5) is 4.09. The van der Waals surface area contributed by atoms with Gasteiger partial charge < -0.3 is 10.3 Å². The fourth-order valence-electron chi connectivity index (χ4n) is 1.95. The van der Waals surface area contributed by atoms with Crippen LogP contribution < -0.4 is 5.73 Å². The summed E-state index contributed by atoms with van der Waals surface area (Å²) in [6.07, 6.45) is -3.75. The van der Waals surface area contributed by atoms with E-state index < -0.39 is 17.8 Å². The van der Waals surface area contributed by atoms with E-state index in [-0.39, 0.29) is 17.3 Å². The third-order valence-electron chi connectivity index (χ3n) is 2.93. The summed E-state index contributed by atoms with van der Waals surface area (Å²) in [5, 5.41) is 3.70. The summed E-state index contributed by atoms with van der Waals surface area (Å²) in [7, 11) is 0. The average molecular weight is 299 g/mol. The van der Waals surface area contributed by atoms with Crippen LogP contribution in [0.4, 0.5) is 13.2 Å². The fraction of sp³-hybridized carbons (Fsp3) is 0.429. The first-order valence-corrected chi connectivity index (χ1v) is 6.54. The molecule has 2 aromatic rings. The van der Waals surface area contributed by atoms with Crippen molar-refractivity contribution in [2.75, 3.05) is 0 Å². The van der Waals surface area contributed by atoms with Crippen molar-refractivity contribution >= 4 is 0 Å². The van der Waals surface area contributed by atoms with Crippen molar-refractivity contribution in [3.8, 4) is 11.4 Å². The minimum atomic E-state index is -4.41. The highest BCUT2D eigenvalue weighted by Crippen LogP contribution is 2.31. The molecule has 7 heteroatoms. The summed E-state index contributed by atoms with van der Waals surface area (Å²) < 4.78 is 43.1. The van der Waals surface area contributed by atoms with E-state index in [1.54, 1.807) is 0 Å². The van der Waals surface area contributed by atoms with E-state index in [4.69, 9.17) is 10.3 Å². The molecule has 0 spiro atoms. The van der Waals surface area contributed by atoms with Crippen LogP contribution in [0.5, 0.6) is 0 Å². The molecule has 1 aromatic carbocycles. The maximum absolute atomic E-state index is 12.7. The smallest absolute Gasteiger partial charge is 0.337 e. The van der Waals surface area contributed by atoms with E-state index in [0.717, 1.165) is 12.1 Å². The summed E-state index contributed by atoms with van der Waals surface area (Å²) in [5.74, 6) is 0.690. The van der Waals surface area contributed by atoms with E-state index >= 15 is 0 Å². The van der Waals surface area contributed by atoms with Crippen LogP contribution in [0.3, 0.4) is 0 Å². The first kappa shape index (κ1) is 15.5. The Morgan fingerprint density at radius 1 is 1.29 bits per heavy atom. The fourth-order valence-corrected chi connectivity index (χ4v) is 1.95. The molecule has 114 valence electrons. The zero-order valence-corrected chi connectivity index (χ0v) is 11.7. The van der Waals surface area contributed by atoms with Crippen molar-refractivity contribution < 1.29 is 17.7 Å². The molecule has 0 saturated heterocycles. The number of benzene rings is 1. The van der Waals surface area contributed by atoms with Crippen LogP contribution in [0.25, 0.3) is 11.4 Å². The van der Waals surface area contributed by atoms with Gasteiger partial charge in [0.1, 0.15) is 0 Å². The van der Waals surface area contributed by atoms with Crippen molar-refractivity contribution in [1.82, 2.24) is 10.1 Å². The van der Waals surface area contributed by atoms with Gasteiger partial charge in [-0.15, -0.1) is 0 Å². The SMILES string of the molecule is CC(C)CC(N)c1nc(-c2cccc(C(F)(F)F)c2)no1. The lowest BCUT2D eigenvalue weighted by Gasteiger charge is -2.08. The summed E-state index contributed by atoms with van der Waals surface area (Å²) in [5.41, 5.74) is 5.41. The summed E-state index contributed by atoms with van der Waals surface area (Å²) in [6.45, 7) is 4.01. The van der Waals surface area contributed by atoms with Gasteiger partial charge >= 0.3 is 6.18 Å². The van der Waals surface area contributed by atoms with E-state index in [1.807, 2.05) is 13.8 Å². The lowest BCUT2D eigenvalue weighted by atomic mass is 10.0. The minimum absolute atomic E-state index is 0.107. The standard InChI is InChI=1S/C14H16F3N3O/c1-8(2)6-11(18)13-19-12(20-21-13)9-4-3-5-10(7-9)14(15,16)17/h3-5,7-8,11H,6,18H2,1-2H3. The molecule has 1 aromatic heterocycles. The number of alkyl halides is 3. The van der Waals surface area contributed by atoms with Gasteiger partial charge in [-0.1, -0.05) is 31.1 Å². The van der Waals surface area contributed by atoms with Crippen molar-refractivity contribution in [3.05, 3.63) is 35.7 Å². The Morgan fingerprint density at radius 2 is 2.00 bits per heavy atom. The second-order valence-electron chi connectivity index (χ2n) is 5.27. The zero-order chi connectivity index (χ0) is 15.6. The lowest BCUT2D eigenvalue weighted by molar-refractivity contribution is -0.137. The molecule has 0 aliphatic carbocycles. The van der Waals surface area contributed by atoms with Crippen LogP contribution in [0, 0.1) is 5.92 Å². The van der Waals surface area contributed by atoms with Gasteiger partial charge in [0.05, 0.1) is 11.6 Å². The molecule has 1 atom stereocenters. The largest absolute Gasteiger partial charge is 0.416 e. The molecule has 1 heterocycles. The normalized spacial score (nSPS) is 13.7. The van der Waals surface area contributed by atoms with Gasteiger partial charge in [0.2, 0.25) is 11.7 Å². The van der Waals surface area contributed by atoms with Crippen LogP contribution in [0.2, 0.25) is 0 Å². The van der Waals surface area contributed by atoms with E-state index in [0.29, 0.717) is 12.3 Å². The van der Waals surface area contributed by atoms with Crippen LogP contribution in [0.15, 0.2) is 28.8 Å². The molecule has 21 heavy (non-hydrogen) atoms. The van der Waals surface area contributed by atoms with Crippen LogP contribution in [-0.4, -0.2) is 10.1 Å². The highest BCUT2D eigenvalue weighted by atomic mass is 19.4. The molecular weight excluding hydrogens is 283 g/mol. The Bertz CT molecular complexity index is 608. The van der Waals surface area contributed by atoms with Gasteiger partial charge in [0, 0.05) is 5.56 Å². The van der Waals surface area contributed by atoms with Crippen LogP contribution in [0.1, 0.15) is 37.8 Å². The van der Waals surface area contributed by atoms with Gasteiger partial charge in [0.25, 0.3) is 0 Å². The monoisotopic (exact) mass is 299 g/mol. The van der Waals surface area contributed by atoms with Gasteiger partial charge in [-0.05, 0) is 24.5 Å². The van der Waals surface area contributed by atoms with Gasteiger partial charge in [0.15, 0.2) is 0 Å². The maximum atomic E-state index is 12.7. The zero-order valence-electron chi connectivity index (χ0n) is 11.7.